The van der Waals surface area contributed by atoms with Gasteiger partial charge in [0.1, 0.15) is 29.2 Å². The third kappa shape index (κ3) is 7.57. The maximum atomic E-state index is 14.9. The Kier molecular flexibility index (Phi) is 11.3. The highest BCUT2D eigenvalue weighted by Crippen LogP contribution is 2.49. The molecule has 1 aliphatic rings. The van der Waals surface area contributed by atoms with Crippen LogP contribution in [0.1, 0.15) is 5.56 Å². The largest absolute Gasteiger partial charge is 0.484 e. The van der Waals surface area contributed by atoms with Crippen molar-refractivity contribution in [3.63, 3.8) is 0 Å². The Morgan fingerprint density at radius 1 is 0.706 bits per heavy atom. The number of nitrogens with zero attached hydrogens (tertiary/aromatic N) is 1. The third-order valence-electron chi connectivity index (χ3n) is 8.18. The number of benzene rings is 5. The number of hydrogen-bond donors (Lipinski definition) is 1. The van der Waals surface area contributed by atoms with Crippen molar-refractivity contribution in [3.8, 4) is 5.75 Å². The maximum absolute atomic E-state index is 14.9. The van der Waals surface area contributed by atoms with E-state index in [1.54, 1.807) is 24.3 Å². The number of carbonyl (C=O) groups excluding carboxylic acids is 5. The lowest BCUT2D eigenvalue weighted by Gasteiger charge is -2.48. The molecule has 5 aromatic rings. The van der Waals surface area contributed by atoms with Crippen LogP contribution in [0.15, 0.2) is 152 Å². The number of aldehydes is 1. The SMILES string of the molecule is O=CC(=O)S[C@@H]1[C@H](NC(=O)COc2ccccc2)C(=O)N1C(C(=O)OCc1ccccc1)=P(c1ccccc1)(c1ccccc1)c1ccccc1. The number of esters is 1. The van der Waals surface area contributed by atoms with Crippen LogP contribution in [-0.2, 0) is 35.3 Å². The molecule has 0 aromatic heterocycles. The van der Waals surface area contributed by atoms with Crippen molar-refractivity contribution in [2.45, 2.75) is 18.0 Å². The minimum Gasteiger partial charge on any atom is -0.484 e. The Balaban J connectivity index is 1.54. The van der Waals surface area contributed by atoms with E-state index in [1.165, 1.54) is 4.90 Å². The van der Waals surface area contributed by atoms with Gasteiger partial charge in [-0.2, -0.15) is 0 Å². The van der Waals surface area contributed by atoms with Gasteiger partial charge in [-0.3, -0.25) is 24.1 Å². The highest BCUT2D eigenvalue weighted by atomic mass is 32.2. The number of rotatable bonds is 13. The van der Waals surface area contributed by atoms with E-state index in [4.69, 9.17) is 9.47 Å². The fraction of sp³-hybridized carbons (Fsp3) is 0.100. The van der Waals surface area contributed by atoms with Crippen molar-refractivity contribution < 1.29 is 33.4 Å². The molecule has 256 valence electrons. The predicted octanol–water partition coefficient (Wildman–Crippen LogP) is 4.04. The zero-order chi connectivity index (χ0) is 35.6. The molecule has 0 radical (unpaired) electrons. The van der Waals surface area contributed by atoms with Gasteiger partial charge in [-0.15, -0.1) is 0 Å². The fourth-order valence-electron chi connectivity index (χ4n) is 5.92. The van der Waals surface area contributed by atoms with Gasteiger partial charge in [0.15, 0.2) is 12.9 Å². The van der Waals surface area contributed by atoms with E-state index in [9.17, 15) is 24.0 Å². The first kappa shape index (κ1) is 35.1. The number of para-hydroxylation sites is 1. The number of likely N-dealkylation sites (tertiary alicyclic amines) is 1. The second-order valence-corrected chi connectivity index (χ2v) is 15.8. The molecule has 1 aliphatic heterocycles. The average molecular weight is 717 g/mol. The van der Waals surface area contributed by atoms with Crippen LogP contribution in [0.25, 0.3) is 0 Å². The van der Waals surface area contributed by atoms with Crippen LogP contribution < -0.4 is 26.0 Å². The van der Waals surface area contributed by atoms with Gasteiger partial charge in [0.05, 0.1) is 0 Å². The van der Waals surface area contributed by atoms with E-state index < -0.39 is 47.8 Å². The van der Waals surface area contributed by atoms with Gasteiger partial charge in [0, 0.05) is 6.89 Å². The van der Waals surface area contributed by atoms with E-state index in [1.807, 2.05) is 127 Å². The van der Waals surface area contributed by atoms with Crippen LogP contribution in [0.2, 0.25) is 0 Å². The lowest BCUT2D eigenvalue weighted by molar-refractivity contribution is -0.146. The molecule has 1 saturated heterocycles. The van der Waals surface area contributed by atoms with Gasteiger partial charge in [0.25, 0.3) is 16.9 Å². The number of thioether (sulfide) groups is 1. The molecule has 1 N–H and O–H groups in total. The van der Waals surface area contributed by atoms with Gasteiger partial charge in [-0.1, -0.05) is 151 Å². The Hall–Kier alpha value is -5.70. The first-order chi connectivity index (χ1) is 24.9. The lowest BCUT2D eigenvalue weighted by Crippen LogP contribution is -2.73. The number of amides is 2. The van der Waals surface area contributed by atoms with Crippen molar-refractivity contribution in [1.82, 2.24) is 10.2 Å². The van der Waals surface area contributed by atoms with E-state index in [0.29, 0.717) is 17.5 Å². The Bertz CT molecular complexity index is 1960. The molecule has 11 heteroatoms. The monoisotopic (exact) mass is 716 g/mol. The summed E-state index contributed by atoms with van der Waals surface area (Å²) in [6, 6.07) is 44.8. The summed E-state index contributed by atoms with van der Waals surface area (Å²) in [5.74, 6) is -1.59. The Labute approximate surface area is 299 Å². The molecule has 5 aromatic carbocycles. The van der Waals surface area contributed by atoms with Crippen molar-refractivity contribution in [1.29, 1.82) is 0 Å². The molecule has 0 bridgehead atoms. The molecule has 9 nitrogen and oxygen atoms in total. The third-order valence-corrected chi connectivity index (χ3v) is 13.5. The highest BCUT2D eigenvalue weighted by molar-refractivity contribution is 8.15. The number of carbonyl (C=O) groups is 5. The van der Waals surface area contributed by atoms with Gasteiger partial charge in [-0.05, 0) is 33.6 Å². The fourth-order valence-corrected chi connectivity index (χ4v) is 11.3. The van der Waals surface area contributed by atoms with Crippen LogP contribution in [0.5, 0.6) is 5.75 Å². The quantitative estimate of drug-likeness (QED) is 0.0638. The topological polar surface area (TPSA) is 119 Å². The standard InChI is InChI=1S/C40H33N2O7PS/c43-26-35(45)51-39-36(41-34(44)28-48-30-18-8-2-9-19-30)37(46)42(39)38(40(47)49-27-29-16-6-1-7-17-29)50(31-20-10-3-11-21-31,32-22-12-4-13-23-32)33-24-14-5-15-25-33/h1-26,36,39H,27-28H2,(H,41,44)/t36-,39-/m1/s1. The number of nitrogens with one attached hydrogen (secondary N) is 1. The van der Waals surface area contributed by atoms with Gasteiger partial charge >= 0.3 is 5.97 Å². The molecule has 0 spiro atoms. The van der Waals surface area contributed by atoms with Crippen LogP contribution >= 0.6 is 18.6 Å². The number of β-lactam (4-membered cyclic amide) rings is 1. The molecular formula is C40H33N2O7PS. The minimum absolute atomic E-state index is 0.00858. The summed E-state index contributed by atoms with van der Waals surface area (Å²) in [6.45, 7) is -3.80. The second-order valence-electron chi connectivity index (χ2n) is 11.4. The first-order valence-corrected chi connectivity index (χ1v) is 18.7. The molecule has 1 fully saturated rings. The van der Waals surface area contributed by atoms with E-state index in [0.717, 1.165) is 21.5 Å². The van der Waals surface area contributed by atoms with Gasteiger partial charge in [0.2, 0.25) is 0 Å². The lowest BCUT2D eigenvalue weighted by atomic mass is 10.1. The summed E-state index contributed by atoms with van der Waals surface area (Å²) in [4.78, 5) is 68.2. The summed E-state index contributed by atoms with van der Waals surface area (Å²) >= 11 is 0.556. The summed E-state index contributed by atoms with van der Waals surface area (Å²) in [7, 11) is 0. The smallest absolute Gasteiger partial charge is 0.356 e. The predicted molar refractivity (Wildman–Crippen MR) is 200 cm³/mol. The van der Waals surface area contributed by atoms with E-state index in [2.05, 4.69) is 5.32 Å². The van der Waals surface area contributed by atoms with Crippen LogP contribution in [0.3, 0.4) is 0 Å². The Morgan fingerprint density at radius 3 is 1.67 bits per heavy atom. The maximum Gasteiger partial charge on any atom is 0.356 e. The average Bonchev–Trinajstić information content (AvgIpc) is 3.19. The normalized spacial score (nSPS) is 15.2. The summed E-state index contributed by atoms with van der Waals surface area (Å²) in [5.41, 5.74) is 0.739. The molecule has 2 amide bonds. The molecule has 0 unspecified atom stereocenters. The summed E-state index contributed by atoms with van der Waals surface area (Å²) in [5, 5.41) is 2.87. The molecule has 51 heavy (non-hydrogen) atoms. The summed E-state index contributed by atoms with van der Waals surface area (Å²) in [6.07, 6.45) is 0.143. The van der Waals surface area contributed by atoms with E-state index in [-0.39, 0.29) is 18.3 Å². The minimum atomic E-state index is -3.31. The second kappa shape index (κ2) is 16.3. The molecule has 0 saturated carbocycles. The van der Waals surface area contributed by atoms with Crippen molar-refractivity contribution in [2.75, 3.05) is 6.61 Å². The highest BCUT2D eigenvalue weighted by Gasteiger charge is 2.55. The number of hydrogen-bond acceptors (Lipinski definition) is 8. The van der Waals surface area contributed by atoms with E-state index >= 15 is 0 Å². The number of ether oxygens (including phenoxy) is 2. The zero-order valence-corrected chi connectivity index (χ0v) is 29.0. The molecule has 1 heterocycles. The molecule has 6 rings (SSSR count). The molecule has 0 aliphatic carbocycles. The van der Waals surface area contributed by atoms with Crippen molar-refractivity contribution in [3.05, 3.63) is 157 Å². The first-order valence-electron chi connectivity index (χ1n) is 16.0. The Morgan fingerprint density at radius 2 is 1.18 bits per heavy atom. The van der Waals surface area contributed by atoms with Crippen molar-refractivity contribution in [2.24, 2.45) is 0 Å². The molecular weight excluding hydrogens is 683 g/mol. The van der Waals surface area contributed by atoms with Crippen molar-refractivity contribution >= 4 is 69.2 Å². The molecule has 2 atom stereocenters. The zero-order valence-electron chi connectivity index (χ0n) is 27.2. The van der Waals surface area contributed by atoms with Gasteiger partial charge in [-0.25, -0.2) is 4.79 Å². The van der Waals surface area contributed by atoms with Crippen LogP contribution in [0.4, 0.5) is 0 Å². The van der Waals surface area contributed by atoms with Gasteiger partial charge < -0.3 is 14.8 Å². The summed E-state index contributed by atoms with van der Waals surface area (Å²) < 4.78 is 11.6. The van der Waals surface area contributed by atoms with Crippen LogP contribution in [0, 0.1) is 0 Å². The van der Waals surface area contributed by atoms with Crippen LogP contribution in [-0.4, -0.2) is 57.5 Å².